The highest BCUT2D eigenvalue weighted by atomic mass is 35.5. The van der Waals surface area contributed by atoms with Crippen LogP contribution in [0.2, 0.25) is 0 Å². The monoisotopic (exact) mass is 323 g/mol. The summed E-state index contributed by atoms with van der Waals surface area (Å²) in [7, 11) is 1.58. The highest BCUT2D eigenvalue weighted by molar-refractivity contribution is 5.94. The Morgan fingerprint density at radius 1 is 1.27 bits per heavy atom. The molecule has 2 rings (SSSR count). The van der Waals surface area contributed by atoms with Gasteiger partial charge in [-0.25, -0.2) is 4.98 Å². The summed E-state index contributed by atoms with van der Waals surface area (Å²) in [5.74, 6) is 1.29. The normalized spacial score (nSPS) is 9.55. The van der Waals surface area contributed by atoms with Crippen LogP contribution in [0, 0.1) is 0 Å². The lowest BCUT2D eigenvalue weighted by molar-refractivity contribution is 0.0947. The van der Waals surface area contributed by atoms with Crippen LogP contribution in [0.5, 0.6) is 17.2 Å². The average molecular weight is 324 g/mol. The molecule has 0 saturated heterocycles. The van der Waals surface area contributed by atoms with Gasteiger partial charge in [0, 0.05) is 25.4 Å². The minimum Gasteiger partial charge on any atom is -0.497 e. The highest BCUT2D eigenvalue weighted by Gasteiger charge is 2.14. The van der Waals surface area contributed by atoms with Gasteiger partial charge in [0.25, 0.3) is 5.91 Å². The van der Waals surface area contributed by atoms with Crippen molar-refractivity contribution >= 4 is 18.3 Å². The molecule has 0 bridgehead atoms. The van der Waals surface area contributed by atoms with E-state index in [1.807, 2.05) is 6.07 Å². The Labute approximate surface area is 135 Å². The zero-order valence-corrected chi connectivity index (χ0v) is 12.9. The quantitative estimate of drug-likeness (QED) is 0.849. The van der Waals surface area contributed by atoms with Gasteiger partial charge in [0.05, 0.1) is 7.11 Å². The molecule has 1 aromatic carbocycles. The van der Waals surface area contributed by atoms with Crippen LogP contribution in [0.15, 0.2) is 42.6 Å². The molecule has 0 aliphatic carbocycles. The second kappa shape index (κ2) is 8.86. The topological polar surface area (TPSA) is 86.5 Å². The van der Waals surface area contributed by atoms with Crippen LogP contribution in [0.1, 0.15) is 10.5 Å². The van der Waals surface area contributed by atoms with Crippen LogP contribution in [0.4, 0.5) is 0 Å². The molecule has 1 aromatic heterocycles. The molecule has 118 valence electrons. The second-order valence-electron chi connectivity index (χ2n) is 4.18. The molecule has 6 nitrogen and oxygen atoms in total. The molecule has 1 heterocycles. The zero-order chi connectivity index (χ0) is 15.1. The molecule has 0 aliphatic rings. The molecule has 0 saturated carbocycles. The van der Waals surface area contributed by atoms with Crippen LogP contribution < -0.4 is 20.5 Å². The fourth-order valence-electron chi connectivity index (χ4n) is 1.70. The van der Waals surface area contributed by atoms with Crippen molar-refractivity contribution in [2.24, 2.45) is 5.73 Å². The van der Waals surface area contributed by atoms with E-state index in [4.69, 9.17) is 15.2 Å². The van der Waals surface area contributed by atoms with E-state index in [1.54, 1.807) is 37.4 Å². The molecular formula is C15H18ClN3O3. The largest absolute Gasteiger partial charge is 0.497 e. The Morgan fingerprint density at radius 3 is 2.77 bits per heavy atom. The van der Waals surface area contributed by atoms with E-state index >= 15 is 0 Å². The van der Waals surface area contributed by atoms with Crippen LogP contribution >= 0.6 is 12.4 Å². The number of carbonyl (C=O) groups excluding carboxylic acids is 1. The van der Waals surface area contributed by atoms with Crippen molar-refractivity contribution in [1.82, 2.24) is 10.3 Å². The van der Waals surface area contributed by atoms with Crippen LogP contribution in [0.3, 0.4) is 0 Å². The summed E-state index contributed by atoms with van der Waals surface area (Å²) in [6, 6.07) is 10.5. The molecular weight excluding hydrogens is 306 g/mol. The molecule has 2 aromatic rings. The minimum atomic E-state index is -0.320. The summed E-state index contributed by atoms with van der Waals surface area (Å²) in [4.78, 5) is 16.1. The van der Waals surface area contributed by atoms with Gasteiger partial charge in [-0.1, -0.05) is 6.07 Å². The Morgan fingerprint density at radius 2 is 2.05 bits per heavy atom. The van der Waals surface area contributed by atoms with Crippen molar-refractivity contribution in [1.29, 1.82) is 0 Å². The fraction of sp³-hybridized carbons (Fsp3) is 0.200. The maximum atomic E-state index is 12.0. The van der Waals surface area contributed by atoms with Crippen LogP contribution in [0.25, 0.3) is 0 Å². The van der Waals surface area contributed by atoms with E-state index in [2.05, 4.69) is 10.3 Å². The first-order chi connectivity index (χ1) is 10.2. The first kappa shape index (κ1) is 17.7. The molecule has 3 N–H and O–H groups in total. The maximum Gasteiger partial charge on any atom is 0.273 e. The van der Waals surface area contributed by atoms with Crippen molar-refractivity contribution in [2.45, 2.75) is 0 Å². The van der Waals surface area contributed by atoms with Gasteiger partial charge in [-0.3, -0.25) is 4.79 Å². The Balaban J connectivity index is 0.00000242. The average Bonchev–Trinajstić information content (AvgIpc) is 2.53. The summed E-state index contributed by atoms with van der Waals surface area (Å²) in [6.45, 7) is 0.749. The summed E-state index contributed by atoms with van der Waals surface area (Å²) in [6.07, 6.45) is 1.54. The van der Waals surface area contributed by atoms with Gasteiger partial charge in [-0.15, -0.1) is 12.4 Å². The van der Waals surface area contributed by atoms with Crippen molar-refractivity contribution in [3.05, 3.63) is 48.3 Å². The number of amides is 1. The van der Waals surface area contributed by atoms with Crippen LogP contribution in [-0.4, -0.2) is 31.1 Å². The standard InChI is InChI=1S/C15H17N3O3.ClH/c1-20-11-4-2-5-12(10-11)21-13-6-3-8-17-14(13)15(19)18-9-7-16;/h2-6,8,10H,7,9,16H2,1H3,(H,18,19);1H. The minimum absolute atomic E-state index is 0. The van der Waals surface area contributed by atoms with E-state index in [0.29, 0.717) is 30.3 Å². The number of halogens is 1. The van der Waals surface area contributed by atoms with Gasteiger partial charge in [-0.2, -0.15) is 0 Å². The molecule has 0 aliphatic heterocycles. The lowest BCUT2D eigenvalue weighted by atomic mass is 10.3. The zero-order valence-electron chi connectivity index (χ0n) is 12.1. The smallest absolute Gasteiger partial charge is 0.273 e. The Hall–Kier alpha value is -2.31. The predicted octanol–water partition coefficient (Wildman–Crippen LogP) is 1.99. The molecule has 0 spiro atoms. The van der Waals surface area contributed by atoms with E-state index in [0.717, 1.165) is 0 Å². The highest BCUT2D eigenvalue weighted by Crippen LogP contribution is 2.26. The fourth-order valence-corrected chi connectivity index (χ4v) is 1.70. The van der Waals surface area contributed by atoms with Gasteiger partial charge in [0.1, 0.15) is 11.5 Å². The number of benzene rings is 1. The number of hydrogen-bond donors (Lipinski definition) is 2. The van der Waals surface area contributed by atoms with E-state index in [9.17, 15) is 4.79 Å². The van der Waals surface area contributed by atoms with Gasteiger partial charge >= 0.3 is 0 Å². The number of rotatable bonds is 6. The van der Waals surface area contributed by atoms with E-state index in [1.165, 1.54) is 6.20 Å². The molecule has 22 heavy (non-hydrogen) atoms. The molecule has 0 radical (unpaired) electrons. The summed E-state index contributed by atoms with van der Waals surface area (Å²) in [5, 5.41) is 2.67. The number of ether oxygens (including phenoxy) is 2. The number of nitrogens with two attached hydrogens (primary N) is 1. The molecule has 1 amide bonds. The lowest BCUT2D eigenvalue weighted by Crippen LogP contribution is -2.29. The number of nitrogens with zero attached hydrogens (tertiary/aromatic N) is 1. The first-order valence-electron chi connectivity index (χ1n) is 6.50. The summed E-state index contributed by atoms with van der Waals surface area (Å²) >= 11 is 0. The third-order valence-corrected chi connectivity index (χ3v) is 2.68. The van der Waals surface area contributed by atoms with E-state index < -0.39 is 0 Å². The second-order valence-corrected chi connectivity index (χ2v) is 4.18. The van der Waals surface area contributed by atoms with Gasteiger partial charge < -0.3 is 20.5 Å². The number of hydrogen-bond acceptors (Lipinski definition) is 5. The Kier molecular flexibility index (Phi) is 7.15. The number of pyridine rings is 1. The SMILES string of the molecule is COc1cccc(Oc2cccnc2C(=O)NCCN)c1.Cl. The van der Waals surface area contributed by atoms with Crippen molar-refractivity contribution in [2.75, 3.05) is 20.2 Å². The van der Waals surface area contributed by atoms with Crippen LogP contribution in [-0.2, 0) is 0 Å². The van der Waals surface area contributed by atoms with Gasteiger partial charge in [0.2, 0.25) is 0 Å². The summed E-state index contributed by atoms with van der Waals surface area (Å²) < 4.78 is 10.9. The molecule has 0 unspecified atom stereocenters. The molecule has 0 fully saturated rings. The number of aromatic nitrogens is 1. The number of methoxy groups -OCH3 is 1. The third-order valence-electron chi connectivity index (χ3n) is 2.68. The van der Waals surface area contributed by atoms with E-state index in [-0.39, 0.29) is 24.0 Å². The predicted molar refractivity (Wildman–Crippen MR) is 85.9 cm³/mol. The van der Waals surface area contributed by atoms with Gasteiger partial charge in [0.15, 0.2) is 11.4 Å². The Bertz CT molecular complexity index is 622. The number of carbonyl (C=O) groups is 1. The first-order valence-corrected chi connectivity index (χ1v) is 6.50. The number of nitrogens with one attached hydrogen (secondary N) is 1. The van der Waals surface area contributed by atoms with Gasteiger partial charge in [-0.05, 0) is 24.3 Å². The summed E-state index contributed by atoms with van der Waals surface area (Å²) in [5.41, 5.74) is 5.58. The van der Waals surface area contributed by atoms with Crippen molar-refractivity contribution in [3.63, 3.8) is 0 Å². The lowest BCUT2D eigenvalue weighted by Gasteiger charge is -2.10. The van der Waals surface area contributed by atoms with Crippen molar-refractivity contribution < 1.29 is 14.3 Å². The maximum absolute atomic E-state index is 12.0. The molecule has 7 heteroatoms. The third kappa shape index (κ3) is 4.61. The molecule has 0 atom stereocenters. The van der Waals surface area contributed by atoms with Crippen molar-refractivity contribution in [3.8, 4) is 17.2 Å².